The van der Waals surface area contributed by atoms with Crippen molar-refractivity contribution in [3.63, 3.8) is 0 Å². The summed E-state index contributed by atoms with van der Waals surface area (Å²) in [6.07, 6.45) is 2.48. The highest BCUT2D eigenvalue weighted by atomic mass is 16.2. The van der Waals surface area contributed by atoms with Gasteiger partial charge in [0.25, 0.3) is 0 Å². The van der Waals surface area contributed by atoms with Crippen LogP contribution in [0.1, 0.15) is 35.4 Å². The maximum atomic E-state index is 12.6. The number of nitrogens with two attached hydrogens (primary N) is 1. The van der Waals surface area contributed by atoms with E-state index >= 15 is 0 Å². The molecule has 2 N–H and O–H groups in total. The zero-order chi connectivity index (χ0) is 17.6. The number of carbonyl (C=O) groups is 1. The van der Waals surface area contributed by atoms with Gasteiger partial charge in [-0.2, -0.15) is 0 Å². The van der Waals surface area contributed by atoms with Crippen LogP contribution in [0.3, 0.4) is 0 Å². The van der Waals surface area contributed by atoms with E-state index in [9.17, 15) is 4.79 Å². The minimum Gasteiger partial charge on any atom is -0.342 e. The topological polar surface area (TPSA) is 46.3 Å². The first-order valence-corrected chi connectivity index (χ1v) is 9.25. The second-order valence-electron chi connectivity index (χ2n) is 7.15. The molecule has 0 unspecified atom stereocenters. The molecule has 2 aromatic rings. The number of aryl methyl sites for hydroxylation is 2. The zero-order valence-electron chi connectivity index (χ0n) is 15.0. The van der Waals surface area contributed by atoms with Crippen LogP contribution in [0.2, 0.25) is 0 Å². The van der Waals surface area contributed by atoms with E-state index in [-0.39, 0.29) is 5.91 Å². The molecule has 2 aromatic carbocycles. The van der Waals surface area contributed by atoms with Crippen molar-refractivity contribution in [3.05, 3.63) is 71.3 Å². The summed E-state index contributed by atoms with van der Waals surface area (Å²) >= 11 is 0. The van der Waals surface area contributed by atoms with Crippen LogP contribution < -0.4 is 5.73 Å². The molecule has 0 spiro atoms. The normalized spacial score (nSPS) is 20.0. The number of hydrogen-bond donors (Lipinski definition) is 1. The minimum absolute atomic E-state index is 0.268. The molecule has 3 rings (SSSR count). The Hall–Kier alpha value is -2.13. The van der Waals surface area contributed by atoms with Crippen molar-refractivity contribution in [3.8, 4) is 0 Å². The first-order chi connectivity index (χ1) is 12.2. The molecule has 25 heavy (non-hydrogen) atoms. The first-order valence-electron chi connectivity index (χ1n) is 9.25. The molecule has 1 aliphatic heterocycles. The molecule has 0 aromatic heterocycles. The second kappa shape index (κ2) is 8.30. The molecule has 3 nitrogen and oxygen atoms in total. The van der Waals surface area contributed by atoms with Crippen LogP contribution >= 0.6 is 0 Å². The number of rotatable bonds is 6. The zero-order valence-corrected chi connectivity index (χ0v) is 15.0. The average Bonchev–Trinajstić information content (AvgIpc) is 3.08. The van der Waals surface area contributed by atoms with Gasteiger partial charge in [-0.1, -0.05) is 60.2 Å². The molecule has 0 radical (unpaired) electrons. The number of likely N-dealkylation sites (tertiary alicyclic amines) is 1. The fraction of sp³-hybridized carbons (Fsp3) is 0.409. The van der Waals surface area contributed by atoms with E-state index in [4.69, 9.17) is 5.73 Å². The van der Waals surface area contributed by atoms with E-state index in [1.54, 1.807) is 0 Å². The lowest BCUT2D eigenvalue weighted by molar-refractivity contribution is -0.130. The van der Waals surface area contributed by atoms with E-state index in [1.165, 1.54) is 16.7 Å². The lowest BCUT2D eigenvalue weighted by Gasteiger charge is -2.17. The summed E-state index contributed by atoms with van der Waals surface area (Å²) in [6, 6.07) is 19.0. The first kappa shape index (κ1) is 17.7. The fourth-order valence-electron chi connectivity index (χ4n) is 3.75. The van der Waals surface area contributed by atoms with E-state index in [0.29, 0.717) is 24.8 Å². The van der Waals surface area contributed by atoms with Crippen LogP contribution in [0.4, 0.5) is 0 Å². The number of nitrogens with zero attached hydrogens (tertiary/aromatic N) is 1. The van der Waals surface area contributed by atoms with Crippen LogP contribution in [0.25, 0.3) is 0 Å². The summed E-state index contributed by atoms with van der Waals surface area (Å²) in [4.78, 5) is 14.6. The fourth-order valence-corrected chi connectivity index (χ4v) is 3.75. The van der Waals surface area contributed by atoms with Crippen molar-refractivity contribution in [1.82, 2.24) is 4.90 Å². The molecule has 0 saturated carbocycles. The van der Waals surface area contributed by atoms with Gasteiger partial charge in [0.05, 0.1) is 0 Å². The Morgan fingerprint density at radius 3 is 2.48 bits per heavy atom. The summed E-state index contributed by atoms with van der Waals surface area (Å²) in [5.41, 5.74) is 9.86. The number of hydrogen-bond acceptors (Lipinski definition) is 2. The monoisotopic (exact) mass is 336 g/mol. The molecule has 1 heterocycles. The highest BCUT2D eigenvalue weighted by molar-refractivity contribution is 5.76. The third-order valence-electron chi connectivity index (χ3n) is 5.30. The lowest BCUT2D eigenvalue weighted by Crippen LogP contribution is -2.29. The molecule has 1 fully saturated rings. The van der Waals surface area contributed by atoms with E-state index < -0.39 is 0 Å². The Labute approximate surface area is 150 Å². The third-order valence-corrected chi connectivity index (χ3v) is 5.30. The van der Waals surface area contributed by atoms with Crippen LogP contribution in [-0.4, -0.2) is 30.4 Å². The van der Waals surface area contributed by atoms with Gasteiger partial charge in [0.1, 0.15) is 0 Å². The molecular weight excluding hydrogens is 308 g/mol. The lowest BCUT2D eigenvalue weighted by atomic mass is 9.89. The number of benzene rings is 2. The molecule has 1 aliphatic rings. The van der Waals surface area contributed by atoms with E-state index in [2.05, 4.69) is 55.5 Å². The summed E-state index contributed by atoms with van der Waals surface area (Å²) in [5, 5.41) is 0. The SMILES string of the molecule is Cc1ccc(CCCC(=O)N2C[C@@H](CN)[C@H](c3ccccc3)C2)cc1. The summed E-state index contributed by atoms with van der Waals surface area (Å²) < 4.78 is 0. The van der Waals surface area contributed by atoms with Crippen molar-refractivity contribution in [2.75, 3.05) is 19.6 Å². The summed E-state index contributed by atoms with van der Waals surface area (Å²) in [5.74, 6) is 1.000. The number of carbonyl (C=O) groups excluding carboxylic acids is 1. The van der Waals surface area contributed by atoms with Crippen molar-refractivity contribution in [2.45, 2.75) is 32.1 Å². The van der Waals surface area contributed by atoms with Gasteiger partial charge in [-0.15, -0.1) is 0 Å². The Morgan fingerprint density at radius 1 is 1.08 bits per heavy atom. The van der Waals surface area contributed by atoms with Gasteiger partial charge in [0.2, 0.25) is 5.91 Å². The molecule has 0 aliphatic carbocycles. The van der Waals surface area contributed by atoms with Gasteiger partial charge >= 0.3 is 0 Å². The second-order valence-corrected chi connectivity index (χ2v) is 7.15. The van der Waals surface area contributed by atoms with Crippen LogP contribution in [0, 0.1) is 12.8 Å². The van der Waals surface area contributed by atoms with E-state index in [1.807, 2.05) is 11.0 Å². The van der Waals surface area contributed by atoms with Gasteiger partial charge in [-0.05, 0) is 43.4 Å². The van der Waals surface area contributed by atoms with Crippen molar-refractivity contribution >= 4 is 5.91 Å². The van der Waals surface area contributed by atoms with Crippen LogP contribution in [0.5, 0.6) is 0 Å². The van der Waals surface area contributed by atoms with Crippen molar-refractivity contribution < 1.29 is 4.79 Å². The Balaban J connectivity index is 1.53. The molecular formula is C22H28N2O. The third kappa shape index (κ3) is 4.49. The van der Waals surface area contributed by atoms with E-state index in [0.717, 1.165) is 25.9 Å². The Morgan fingerprint density at radius 2 is 1.80 bits per heavy atom. The van der Waals surface area contributed by atoms with Gasteiger partial charge in [-0.3, -0.25) is 4.79 Å². The molecule has 3 heteroatoms. The average molecular weight is 336 g/mol. The standard InChI is InChI=1S/C22H28N2O/c1-17-10-12-18(13-11-17)6-5-9-22(25)24-15-20(14-23)21(16-24)19-7-3-2-4-8-19/h2-4,7-8,10-13,20-21H,5-6,9,14-16,23H2,1H3/t20-,21+/m1/s1. The molecule has 0 bridgehead atoms. The Bertz CT molecular complexity index is 681. The largest absolute Gasteiger partial charge is 0.342 e. The molecule has 132 valence electrons. The minimum atomic E-state index is 0.268. The predicted molar refractivity (Wildman–Crippen MR) is 102 cm³/mol. The quantitative estimate of drug-likeness (QED) is 0.877. The summed E-state index contributed by atoms with van der Waals surface area (Å²) in [7, 11) is 0. The van der Waals surface area contributed by atoms with Crippen LogP contribution in [0.15, 0.2) is 54.6 Å². The van der Waals surface area contributed by atoms with Crippen molar-refractivity contribution in [1.29, 1.82) is 0 Å². The maximum absolute atomic E-state index is 12.6. The highest BCUT2D eigenvalue weighted by Crippen LogP contribution is 2.32. The van der Waals surface area contributed by atoms with Crippen LogP contribution in [-0.2, 0) is 11.2 Å². The highest BCUT2D eigenvalue weighted by Gasteiger charge is 2.34. The van der Waals surface area contributed by atoms with Crippen molar-refractivity contribution in [2.24, 2.45) is 11.7 Å². The smallest absolute Gasteiger partial charge is 0.222 e. The summed E-state index contributed by atoms with van der Waals surface area (Å²) in [6.45, 7) is 4.32. The van der Waals surface area contributed by atoms with Gasteiger partial charge in [-0.25, -0.2) is 0 Å². The number of amides is 1. The van der Waals surface area contributed by atoms with Gasteiger partial charge in [0.15, 0.2) is 0 Å². The molecule has 1 saturated heterocycles. The molecule has 1 amide bonds. The Kier molecular flexibility index (Phi) is 5.87. The van der Waals surface area contributed by atoms with Gasteiger partial charge < -0.3 is 10.6 Å². The van der Waals surface area contributed by atoms with Gasteiger partial charge in [0, 0.05) is 25.4 Å². The molecule has 2 atom stereocenters. The predicted octanol–water partition coefficient (Wildman–Crippen LogP) is 3.52. The maximum Gasteiger partial charge on any atom is 0.222 e.